The summed E-state index contributed by atoms with van der Waals surface area (Å²) in [5.41, 5.74) is 0. The molecule has 0 radical (unpaired) electrons. The molecule has 1 aliphatic rings. The van der Waals surface area contributed by atoms with Crippen molar-refractivity contribution in [1.29, 1.82) is 0 Å². The molecule has 0 amide bonds. The summed E-state index contributed by atoms with van der Waals surface area (Å²) in [5, 5.41) is 4.06. The van der Waals surface area contributed by atoms with Gasteiger partial charge in [-0.25, -0.2) is 18.4 Å². The monoisotopic (exact) mass is 271 g/mol. The van der Waals surface area contributed by atoms with Crippen molar-refractivity contribution < 1.29 is 13.6 Å². The Kier molecular flexibility index (Phi) is 4.27. The van der Waals surface area contributed by atoms with E-state index >= 15 is 0 Å². The Hall–Kier alpha value is -1.33. The zero-order chi connectivity index (χ0) is 13.9. The van der Waals surface area contributed by atoms with Crippen molar-refractivity contribution in [2.45, 2.75) is 57.9 Å². The molecule has 0 bridgehead atoms. The highest BCUT2D eigenvalue weighted by molar-refractivity contribution is 5.82. The molecule has 0 saturated heterocycles. The molecule has 2 rings (SSSR count). The summed E-state index contributed by atoms with van der Waals surface area (Å²) in [6.45, 7) is 2.75. The fraction of sp³-hybridized carbons (Fsp3) is 0.769. The number of aryl methyl sites for hydroxylation is 1. The lowest BCUT2D eigenvalue weighted by Crippen LogP contribution is -2.30. The highest BCUT2D eigenvalue weighted by Gasteiger charge is 2.37. The standard InChI is InChI=1S/C13H19F2N3O/c1-2-7-18-12(16-9-17-18)8-11(19)10-3-5-13(14,15)6-4-10/h9-10H,2-8H2,1H3. The summed E-state index contributed by atoms with van der Waals surface area (Å²) in [7, 11) is 0. The van der Waals surface area contributed by atoms with Crippen LogP contribution in [-0.4, -0.2) is 26.5 Å². The lowest BCUT2D eigenvalue weighted by Gasteiger charge is -2.27. The van der Waals surface area contributed by atoms with E-state index in [1.807, 2.05) is 6.92 Å². The Morgan fingerprint density at radius 3 is 2.79 bits per heavy atom. The maximum atomic E-state index is 13.0. The number of ketones is 1. The lowest BCUT2D eigenvalue weighted by atomic mass is 9.83. The maximum absolute atomic E-state index is 13.0. The van der Waals surface area contributed by atoms with Gasteiger partial charge in [-0.15, -0.1) is 0 Å². The quantitative estimate of drug-likeness (QED) is 0.827. The lowest BCUT2D eigenvalue weighted by molar-refractivity contribution is -0.126. The van der Waals surface area contributed by atoms with Gasteiger partial charge in [0.25, 0.3) is 0 Å². The van der Waals surface area contributed by atoms with E-state index in [9.17, 15) is 13.6 Å². The third kappa shape index (κ3) is 3.58. The molecule has 0 N–H and O–H groups in total. The van der Waals surface area contributed by atoms with Gasteiger partial charge in [-0.05, 0) is 19.3 Å². The number of halogens is 2. The first-order chi connectivity index (χ1) is 9.02. The van der Waals surface area contributed by atoms with E-state index in [1.54, 1.807) is 4.68 Å². The predicted molar refractivity (Wildman–Crippen MR) is 65.9 cm³/mol. The van der Waals surface area contributed by atoms with Gasteiger partial charge in [-0.1, -0.05) is 6.92 Å². The summed E-state index contributed by atoms with van der Waals surface area (Å²) < 4.78 is 27.8. The van der Waals surface area contributed by atoms with Gasteiger partial charge in [-0.2, -0.15) is 5.10 Å². The molecule has 0 atom stereocenters. The third-order valence-electron chi connectivity index (χ3n) is 3.64. The van der Waals surface area contributed by atoms with E-state index in [1.165, 1.54) is 6.33 Å². The molecule has 0 aromatic carbocycles. The van der Waals surface area contributed by atoms with E-state index < -0.39 is 5.92 Å². The van der Waals surface area contributed by atoms with Crippen molar-refractivity contribution in [1.82, 2.24) is 14.8 Å². The Labute approximate surface area is 111 Å². The van der Waals surface area contributed by atoms with Gasteiger partial charge >= 0.3 is 0 Å². The van der Waals surface area contributed by atoms with Crippen molar-refractivity contribution in [3.63, 3.8) is 0 Å². The fourth-order valence-electron chi connectivity index (χ4n) is 2.49. The number of alkyl halides is 2. The number of aromatic nitrogens is 3. The van der Waals surface area contributed by atoms with Gasteiger partial charge in [0, 0.05) is 25.3 Å². The summed E-state index contributed by atoms with van der Waals surface area (Å²) >= 11 is 0. The predicted octanol–water partition coefficient (Wildman–Crippen LogP) is 2.63. The minimum absolute atomic E-state index is 0.0147. The van der Waals surface area contributed by atoms with Crippen molar-refractivity contribution in [2.24, 2.45) is 5.92 Å². The molecule has 1 saturated carbocycles. The number of carbonyl (C=O) groups excluding carboxylic acids is 1. The summed E-state index contributed by atoms with van der Waals surface area (Å²) in [4.78, 5) is 16.2. The first-order valence-corrected chi connectivity index (χ1v) is 6.79. The second kappa shape index (κ2) is 5.75. The molecule has 1 aromatic rings. The Balaban J connectivity index is 1.92. The van der Waals surface area contributed by atoms with Gasteiger partial charge in [0.15, 0.2) is 0 Å². The van der Waals surface area contributed by atoms with Crippen molar-refractivity contribution >= 4 is 5.78 Å². The van der Waals surface area contributed by atoms with Crippen LogP contribution >= 0.6 is 0 Å². The fourth-order valence-corrected chi connectivity index (χ4v) is 2.49. The third-order valence-corrected chi connectivity index (χ3v) is 3.64. The highest BCUT2D eigenvalue weighted by Crippen LogP contribution is 2.36. The van der Waals surface area contributed by atoms with Crippen LogP contribution in [-0.2, 0) is 17.8 Å². The number of carbonyl (C=O) groups is 1. The Morgan fingerprint density at radius 2 is 2.16 bits per heavy atom. The Morgan fingerprint density at radius 1 is 1.47 bits per heavy atom. The zero-order valence-electron chi connectivity index (χ0n) is 11.1. The first kappa shape index (κ1) is 14.1. The minimum Gasteiger partial charge on any atom is -0.299 e. The molecule has 106 valence electrons. The van der Waals surface area contributed by atoms with E-state index in [-0.39, 0.29) is 43.8 Å². The van der Waals surface area contributed by atoms with Crippen LogP contribution in [0, 0.1) is 5.92 Å². The smallest absolute Gasteiger partial charge is 0.248 e. The van der Waals surface area contributed by atoms with Crippen molar-refractivity contribution in [3.8, 4) is 0 Å². The largest absolute Gasteiger partial charge is 0.299 e. The molecule has 1 heterocycles. The van der Waals surface area contributed by atoms with Crippen molar-refractivity contribution in [3.05, 3.63) is 12.2 Å². The maximum Gasteiger partial charge on any atom is 0.248 e. The zero-order valence-corrected chi connectivity index (χ0v) is 11.1. The van der Waals surface area contributed by atoms with Crippen LogP contribution < -0.4 is 0 Å². The second-order valence-corrected chi connectivity index (χ2v) is 5.17. The van der Waals surface area contributed by atoms with E-state index in [4.69, 9.17) is 0 Å². The normalized spacial score (nSPS) is 19.5. The Bertz CT molecular complexity index is 435. The summed E-state index contributed by atoms with van der Waals surface area (Å²) in [5.74, 6) is -2.17. The van der Waals surface area contributed by atoms with Gasteiger partial charge in [0.1, 0.15) is 17.9 Å². The molecule has 19 heavy (non-hydrogen) atoms. The summed E-state index contributed by atoms with van der Waals surface area (Å²) in [6.07, 6.45) is 2.78. The SMILES string of the molecule is CCCn1ncnc1CC(=O)C1CCC(F)(F)CC1. The molecule has 4 nitrogen and oxygen atoms in total. The number of Topliss-reactive ketones (excluding diaryl/α,β-unsaturated/α-hetero) is 1. The van der Waals surface area contributed by atoms with Crippen LogP contribution in [0.3, 0.4) is 0 Å². The van der Waals surface area contributed by atoms with Gasteiger partial charge in [0.2, 0.25) is 5.92 Å². The molecule has 6 heteroatoms. The van der Waals surface area contributed by atoms with Crippen LogP contribution in [0.15, 0.2) is 6.33 Å². The number of hydrogen-bond donors (Lipinski definition) is 0. The van der Waals surface area contributed by atoms with E-state index in [0.717, 1.165) is 13.0 Å². The van der Waals surface area contributed by atoms with Crippen LogP contribution in [0.4, 0.5) is 8.78 Å². The van der Waals surface area contributed by atoms with E-state index in [2.05, 4.69) is 10.1 Å². The molecule has 1 aromatic heterocycles. The van der Waals surface area contributed by atoms with Crippen LogP contribution in [0.1, 0.15) is 44.9 Å². The molecule has 1 fully saturated rings. The average molecular weight is 271 g/mol. The highest BCUT2D eigenvalue weighted by atomic mass is 19.3. The molecule has 0 aliphatic heterocycles. The number of nitrogens with zero attached hydrogens (tertiary/aromatic N) is 3. The minimum atomic E-state index is -2.58. The van der Waals surface area contributed by atoms with Gasteiger partial charge in [0.05, 0.1) is 6.42 Å². The molecular formula is C13H19F2N3O. The number of hydrogen-bond acceptors (Lipinski definition) is 3. The summed E-state index contributed by atoms with van der Waals surface area (Å²) in [6, 6.07) is 0. The number of rotatable bonds is 5. The topological polar surface area (TPSA) is 47.8 Å². The van der Waals surface area contributed by atoms with E-state index in [0.29, 0.717) is 5.82 Å². The molecule has 0 spiro atoms. The molecule has 1 aliphatic carbocycles. The molecule has 0 unspecified atom stereocenters. The second-order valence-electron chi connectivity index (χ2n) is 5.17. The van der Waals surface area contributed by atoms with Crippen LogP contribution in [0.25, 0.3) is 0 Å². The van der Waals surface area contributed by atoms with Crippen molar-refractivity contribution in [2.75, 3.05) is 0 Å². The van der Waals surface area contributed by atoms with Crippen LogP contribution in [0.5, 0.6) is 0 Å². The van der Waals surface area contributed by atoms with Gasteiger partial charge in [-0.3, -0.25) is 4.79 Å². The molecular weight excluding hydrogens is 252 g/mol. The average Bonchev–Trinajstić information content (AvgIpc) is 2.77. The van der Waals surface area contributed by atoms with Gasteiger partial charge < -0.3 is 0 Å². The van der Waals surface area contributed by atoms with Crippen LogP contribution in [0.2, 0.25) is 0 Å². The first-order valence-electron chi connectivity index (χ1n) is 6.79.